The van der Waals surface area contributed by atoms with E-state index in [1.54, 1.807) is 12.1 Å². The molecule has 0 aromatic heterocycles. The number of anilines is 1. The molecule has 1 aromatic carbocycles. The van der Waals surface area contributed by atoms with Gasteiger partial charge in [-0.3, -0.25) is 4.79 Å². The van der Waals surface area contributed by atoms with Gasteiger partial charge in [-0.05, 0) is 60.8 Å². The van der Waals surface area contributed by atoms with Crippen LogP contribution in [0.2, 0.25) is 0 Å². The molecule has 1 amide bonds. The van der Waals surface area contributed by atoms with E-state index < -0.39 is 0 Å². The Morgan fingerprint density at radius 3 is 2.76 bits per heavy atom. The van der Waals surface area contributed by atoms with Gasteiger partial charge in [0.1, 0.15) is 0 Å². The first-order valence-electron chi connectivity index (χ1n) is 5.79. The lowest BCUT2D eigenvalue weighted by molar-refractivity contribution is 0.0651. The van der Waals surface area contributed by atoms with Gasteiger partial charge in [-0.25, -0.2) is 0 Å². The monoisotopic (exact) mass is 296 g/mol. The fourth-order valence-electron chi connectivity index (χ4n) is 2.34. The Bertz CT molecular complexity index is 457. The van der Waals surface area contributed by atoms with Gasteiger partial charge in [-0.15, -0.1) is 0 Å². The van der Waals surface area contributed by atoms with Crippen LogP contribution in [0.5, 0.6) is 0 Å². The summed E-state index contributed by atoms with van der Waals surface area (Å²) in [5, 5.41) is 0. The third kappa shape index (κ3) is 2.32. The summed E-state index contributed by atoms with van der Waals surface area (Å²) in [5.41, 5.74) is 6.96. The highest BCUT2D eigenvalue weighted by Gasteiger charge is 2.36. The molecule has 1 aromatic rings. The van der Waals surface area contributed by atoms with Gasteiger partial charge in [-0.1, -0.05) is 0 Å². The van der Waals surface area contributed by atoms with Crippen molar-refractivity contribution in [2.75, 3.05) is 12.3 Å². The van der Waals surface area contributed by atoms with Crippen molar-refractivity contribution in [1.82, 2.24) is 4.90 Å². The number of amides is 1. The zero-order valence-corrected chi connectivity index (χ0v) is 11.8. The van der Waals surface area contributed by atoms with E-state index in [4.69, 9.17) is 5.73 Å². The number of hydrogen-bond donors (Lipinski definition) is 1. The van der Waals surface area contributed by atoms with Gasteiger partial charge in [0, 0.05) is 22.2 Å². The fraction of sp³-hybridized carbons (Fsp3) is 0.462. The zero-order chi connectivity index (χ0) is 12.6. The van der Waals surface area contributed by atoms with E-state index in [1.807, 2.05) is 11.0 Å². The highest BCUT2D eigenvalue weighted by atomic mass is 79.9. The number of hydrogen-bond acceptors (Lipinski definition) is 2. The molecular formula is C13H17BrN2O. The Kier molecular flexibility index (Phi) is 3.17. The molecule has 17 heavy (non-hydrogen) atoms. The second kappa shape index (κ2) is 4.33. The van der Waals surface area contributed by atoms with Crippen molar-refractivity contribution in [1.29, 1.82) is 0 Å². The van der Waals surface area contributed by atoms with Crippen molar-refractivity contribution < 1.29 is 4.79 Å². The van der Waals surface area contributed by atoms with E-state index in [1.165, 1.54) is 0 Å². The van der Waals surface area contributed by atoms with Crippen LogP contribution in [-0.4, -0.2) is 22.9 Å². The average molecular weight is 297 g/mol. The van der Waals surface area contributed by atoms with Crippen molar-refractivity contribution in [3.63, 3.8) is 0 Å². The number of carbonyl (C=O) groups excluding carboxylic acids is 1. The van der Waals surface area contributed by atoms with Crippen molar-refractivity contribution in [3.05, 3.63) is 28.2 Å². The molecule has 0 saturated carbocycles. The van der Waals surface area contributed by atoms with E-state index in [9.17, 15) is 4.79 Å². The molecule has 1 heterocycles. The Morgan fingerprint density at radius 1 is 1.47 bits per heavy atom. The average Bonchev–Trinajstić information content (AvgIpc) is 2.61. The molecule has 92 valence electrons. The molecule has 2 rings (SSSR count). The molecule has 1 aliphatic heterocycles. The molecule has 1 aliphatic rings. The molecule has 0 spiro atoms. The van der Waals surface area contributed by atoms with E-state index in [0.29, 0.717) is 11.3 Å². The summed E-state index contributed by atoms with van der Waals surface area (Å²) in [6, 6.07) is 5.35. The number of carbonyl (C=O) groups is 1. The minimum Gasteiger partial charge on any atom is -0.399 e. The molecule has 0 aliphatic carbocycles. The zero-order valence-electron chi connectivity index (χ0n) is 10.2. The number of likely N-dealkylation sites (tertiary alicyclic amines) is 1. The van der Waals surface area contributed by atoms with Crippen LogP contribution in [0.1, 0.15) is 37.0 Å². The Labute approximate surface area is 110 Å². The van der Waals surface area contributed by atoms with Crippen LogP contribution >= 0.6 is 15.9 Å². The first kappa shape index (κ1) is 12.4. The number of benzene rings is 1. The third-order valence-electron chi connectivity index (χ3n) is 3.37. The van der Waals surface area contributed by atoms with Crippen LogP contribution in [0.25, 0.3) is 0 Å². The van der Waals surface area contributed by atoms with Crippen molar-refractivity contribution >= 4 is 27.5 Å². The van der Waals surface area contributed by atoms with E-state index >= 15 is 0 Å². The number of nitrogens with zero attached hydrogens (tertiary/aromatic N) is 1. The normalized spacial score (nSPS) is 18.4. The molecule has 3 nitrogen and oxygen atoms in total. The van der Waals surface area contributed by atoms with Crippen LogP contribution in [0.3, 0.4) is 0 Å². The summed E-state index contributed by atoms with van der Waals surface area (Å²) >= 11 is 3.41. The van der Waals surface area contributed by atoms with Gasteiger partial charge < -0.3 is 10.6 Å². The number of nitrogens with two attached hydrogens (primary N) is 1. The molecule has 2 N–H and O–H groups in total. The summed E-state index contributed by atoms with van der Waals surface area (Å²) < 4.78 is 0.805. The standard InChI is InChI=1S/C13H17BrN2O/c1-13(2)6-3-7-16(13)12(17)10-8-9(15)4-5-11(10)14/h4-5,8H,3,6-7,15H2,1-2H3. The van der Waals surface area contributed by atoms with Gasteiger partial charge in [-0.2, -0.15) is 0 Å². The highest BCUT2D eigenvalue weighted by molar-refractivity contribution is 9.10. The lowest BCUT2D eigenvalue weighted by Crippen LogP contribution is -2.42. The largest absolute Gasteiger partial charge is 0.399 e. The van der Waals surface area contributed by atoms with Crippen LogP contribution in [0, 0.1) is 0 Å². The molecule has 1 saturated heterocycles. The number of rotatable bonds is 1. The lowest BCUT2D eigenvalue weighted by Gasteiger charge is -2.32. The van der Waals surface area contributed by atoms with Crippen LogP contribution in [-0.2, 0) is 0 Å². The van der Waals surface area contributed by atoms with Crippen LogP contribution in [0.15, 0.2) is 22.7 Å². The predicted molar refractivity (Wildman–Crippen MR) is 72.9 cm³/mol. The highest BCUT2D eigenvalue weighted by Crippen LogP contribution is 2.31. The van der Waals surface area contributed by atoms with Gasteiger partial charge in [0.15, 0.2) is 0 Å². The molecule has 4 heteroatoms. The molecule has 0 bridgehead atoms. The Balaban J connectivity index is 2.34. The molecule has 0 radical (unpaired) electrons. The maximum absolute atomic E-state index is 12.5. The molecule has 1 fully saturated rings. The second-order valence-corrected chi connectivity index (χ2v) is 5.97. The summed E-state index contributed by atoms with van der Waals surface area (Å²) in [5.74, 6) is 0.0617. The minimum absolute atomic E-state index is 0.0544. The van der Waals surface area contributed by atoms with Crippen LogP contribution < -0.4 is 5.73 Å². The maximum Gasteiger partial charge on any atom is 0.255 e. The number of halogens is 1. The molecule has 0 unspecified atom stereocenters. The van der Waals surface area contributed by atoms with Gasteiger partial charge in [0.25, 0.3) is 5.91 Å². The Morgan fingerprint density at radius 2 is 2.18 bits per heavy atom. The maximum atomic E-state index is 12.5. The smallest absolute Gasteiger partial charge is 0.255 e. The molecule has 0 atom stereocenters. The van der Waals surface area contributed by atoms with Gasteiger partial charge in [0.05, 0.1) is 5.56 Å². The van der Waals surface area contributed by atoms with Crippen LogP contribution in [0.4, 0.5) is 5.69 Å². The predicted octanol–water partition coefficient (Wildman–Crippen LogP) is 3.05. The van der Waals surface area contributed by atoms with Crippen molar-refractivity contribution in [2.24, 2.45) is 0 Å². The summed E-state index contributed by atoms with van der Waals surface area (Å²) in [6.45, 7) is 5.04. The summed E-state index contributed by atoms with van der Waals surface area (Å²) in [4.78, 5) is 14.4. The third-order valence-corrected chi connectivity index (χ3v) is 4.06. The minimum atomic E-state index is -0.0544. The van der Waals surface area contributed by atoms with Crippen molar-refractivity contribution in [3.8, 4) is 0 Å². The fourth-order valence-corrected chi connectivity index (χ4v) is 2.75. The number of nitrogen functional groups attached to an aromatic ring is 1. The second-order valence-electron chi connectivity index (χ2n) is 5.11. The first-order chi connectivity index (χ1) is 7.92. The quantitative estimate of drug-likeness (QED) is 0.810. The molecular weight excluding hydrogens is 280 g/mol. The van der Waals surface area contributed by atoms with E-state index in [-0.39, 0.29) is 11.4 Å². The summed E-state index contributed by atoms with van der Waals surface area (Å²) in [7, 11) is 0. The van der Waals surface area contributed by atoms with Crippen molar-refractivity contribution in [2.45, 2.75) is 32.2 Å². The first-order valence-corrected chi connectivity index (χ1v) is 6.58. The van der Waals surface area contributed by atoms with Gasteiger partial charge >= 0.3 is 0 Å². The lowest BCUT2D eigenvalue weighted by atomic mass is 10.0. The van der Waals surface area contributed by atoms with Gasteiger partial charge in [0.2, 0.25) is 0 Å². The van der Waals surface area contributed by atoms with E-state index in [2.05, 4.69) is 29.8 Å². The Hall–Kier alpha value is -1.03. The SMILES string of the molecule is CC1(C)CCCN1C(=O)c1cc(N)ccc1Br. The topological polar surface area (TPSA) is 46.3 Å². The summed E-state index contributed by atoms with van der Waals surface area (Å²) in [6.07, 6.45) is 2.12. The van der Waals surface area contributed by atoms with E-state index in [0.717, 1.165) is 23.9 Å².